The van der Waals surface area contributed by atoms with Gasteiger partial charge in [0.15, 0.2) is 0 Å². The Kier molecular flexibility index (Phi) is 1.63. The van der Waals surface area contributed by atoms with Crippen LogP contribution < -0.4 is 0 Å². The second kappa shape index (κ2) is 3.04. The number of hydrogen-bond donors (Lipinski definition) is 1. The van der Waals surface area contributed by atoms with Crippen LogP contribution >= 0.6 is 0 Å². The Hall–Kier alpha value is -1.96. The summed E-state index contributed by atoms with van der Waals surface area (Å²) in [5, 5.41) is 12.3. The summed E-state index contributed by atoms with van der Waals surface area (Å²) in [7, 11) is 0. The van der Waals surface area contributed by atoms with Gasteiger partial charge in [-0.05, 0) is 36.6 Å². The van der Waals surface area contributed by atoms with E-state index in [-0.39, 0.29) is 0 Å². The van der Waals surface area contributed by atoms with E-state index in [4.69, 9.17) is 0 Å². The number of aromatic nitrogens is 1. The molecule has 4 rings (SSSR count). The highest BCUT2D eigenvalue weighted by Crippen LogP contribution is 2.36. The van der Waals surface area contributed by atoms with E-state index < -0.39 is 0 Å². The maximum Gasteiger partial charge on any atom is 0.116 e. The minimum Gasteiger partial charge on any atom is -0.508 e. The Bertz CT molecular complexity index is 739. The van der Waals surface area contributed by atoms with Gasteiger partial charge in [0.25, 0.3) is 0 Å². The molecular weight excluding hydrogens is 210 g/mol. The van der Waals surface area contributed by atoms with Gasteiger partial charge in [-0.3, -0.25) is 0 Å². The number of phenolic OH excluding ortho intramolecular Hbond substituents is 1. The molecule has 2 nitrogen and oxygen atoms in total. The normalized spacial score (nSPS) is 14.6. The van der Waals surface area contributed by atoms with Crippen LogP contribution in [0.15, 0.2) is 36.4 Å². The molecule has 0 aliphatic carbocycles. The lowest BCUT2D eigenvalue weighted by atomic mass is 10.0. The summed E-state index contributed by atoms with van der Waals surface area (Å²) >= 11 is 0. The molecule has 0 spiro atoms. The Morgan fingerprint density at radius 1 is 1.06 bits per heavy atom. The van der Waals surface area contributed by atoms with E-state index >= 15 is 0 Å². The zero-order chi connectivity index (χ0) is 11.4. The highest BCUT2D eigenvalue weighted by Gasteiger charge is 2.17. The molecule has 1 N–H and O–H groups in total. The minimum atomic E-state index is 0.386. The predicted octanol–water partition coefficient (Wildman–Crippen LogP) is 3.45. The van der Waals surface area contributed by atoms with Crippen molar-refractivity contribution in [3.63, 3.8) is 0 Å². The Balaban J connectivity index is 2.34. The third-order valence-electron chi connectivity index (χ3n) is 3.76. The number of hydrogen-bond acceptors (Lipinski definition) is 1. The van der Waals surface area contributed by atoms with Crippen molar-refractivity contribution in [3.05, 3.63) is 42.0 Å². The summed E-state index contributed by atoms with van der Waals surface area (Å²) in [6.45, 7) is 1.09. The first-order chi connectivity index (χ1) is 8.34. The van der Waals surface area contributed by atoms with E-state index in [9.17, 15) is 5.11 Å². The summed E-state index contributed by atoms with van der Waals surface area (Å²) in [5.41, 5.74) is 3.88. The molecule has 84 valence electrons. The van der Waals surface area contributed by atoms with Crippen molar-refractivity contribution >= 4 is 21.8 Å². The van der Waals surface area contributed by atoms with Gasteiger partial charge < -0.3 is 9.67 Å². The van der Waals surface area contributed by atoms with Gasteiger partial charge in [-0.25, -0.2) is 0 Å². The van der Waals surface area contributed by atoms with Gasteiger partial charge in [0.05, 0.1) is 5.52 Å². The van der Waals surface area contributed by atoms with Crippen molar-refractivity contribution in [3.8, 4) is 5.75 Å². The highest BCUT2D eigenvalue weighted by molar-refractivity contribution is 6.09. The van der Waals surface area contributed by atoms with Crippen LogP contribution in [0.4, 0.5) is 0 Å². The number of aryl methyl sites for hydroxylation is 2. The molecule has 0 radical (unpaired) electrons. The van der Waals surface area contributed by atoms with Crippen LogP contribution in [0.5, 0.6) is 5.75 Å². The van der Waals surface area contributed by atoms with E-state index in [2.05, 4.69) is 28.8 Å². The molecule has 0 bridgehead atoms. The van der Waals surface area contributed by atoms with Crippen LogP contribution in [0.25, 0.3) is 21.8 Å². The van der Waals surface area contributed by atoms with Gasteiger partial charge in [0.2, 0.25) is 0 Å². The molecule has 2 aromatic carbocycles. The molecule has 0 unspecified atom stereocenters. The number of fused-ring (bicyclic) bond motifs is 3. The number of nitrogens with zero attached hydrogens (tertiary/aromatic N) is 1. The third-order valence-corrected chi connectivity index (χ3v) is 3.76. The lowest BCUT2D eigenvalue weighted by Crippen LogP contribution is -2.06. The summed E-state index contributed by atoms with van der Waals surface area (Å²) < 4.78 is 2.39. The second-order valence-corrected chi connectivity index (χ2v) is 4.77. The van der Waals surface area contributed by atoms with Crippen molar-refractivity contribution in [1.82, 2.24) is 4.57 Å². The summed E-state index contributed by atoms with van der Waals surface area (Å²) in [6.07, 6.45) is 2.23. The first-order valence-corrected chi connectivity index (χ1v) is 6.07. The largest absolute Gasteiger partial charge is 0.508 e. The van der Waals surface area contributed by atoms with Crippen molar-refractivity contribution in [1.29, 1.82) is 0 Å². The van der Waals surface area contributed by atoms with Gasteiger partial charge >= 0.3 is 0 Å². The van der Waals surface area contributed by atoms with Gasteiger partial charge in [-0.15, -0.1) is 0 Å². The lowest BCUT2D eigenvalue weighted by Gasteiger charge is -2.16. The Morgan fingerprint density at radius 2 is 1.94 bits per heavy atom. The van der Waals surface area contributed by atoms with E-state index in [0.29, 0.717) is 5.75 Å². The summed E-state index contributed by atoms with van der Waals surface area (Å²) in [4.78, 5) is 0. The topological polar surface area (TPSA) is 25.2 Å². The third kappa shape index (κ3) is 1.10. The molecule has 0 amide bonds. The van der Waals surface area contributed by atoms with Crippen molar-refractivity contribution in [2.45, 2.75) is 19.4 Å². The fourth-order valence-electron chi connectivity index (χ4n) is 3.11. The predicted molar refractivity (Wildman–Crippen MR) is 69.4 cm³/mol. The smallest absolute Gasteiger partial charge is 0.116 e. The SMILES string of the molecule is Oc1cc2c3c(c1)c1ccccc1n3CCC2. The van der Waals surface area contributed by atoms with Gasteiger partial charge in [0.1, 0.15) is 5.75 Å². The van der Waals surface area contributed by atoms with E-state index in [0.717, 1.165) is 19.4 Å². The molecular formula is C15H13NO. The highest BCUT2D eigenvalue weighted by atomic mass is 16.3. The van der Waals surface area contributed by atoms with Crippen LogP contribution in [0.2, 0.25) is 0 Å². The molecule has 0 saturated carbocycles. The average Bonchev–Trinajstić information content (AvgIpc) is 2.67. The summed E-state index contributed by atoms with van der Waals surface area (Å²) in [6, 6.07) is 12.3. The van der Waals surface area contributed by atoms with Crippen molar-refractivity contribution in [2.75, 3.05) is 0 Å². The number of phenols is 1. The second-order valence-electron chi connectivity index (χ2n) is 4.77. The first kappa shape index (κ1) is 9.11. The van der Waals surface area contributed by atoms with Crippen molar-refractivity contribution in [2.24, 2.45) is 0 Å². The maximum absolute atomic E-state index is 9.83. The van der Waals surface area contributed by atoms with Gasteiger partial charge in [-0.2, -0.15) is 0 Å². The van der Waals surface area contributed by atoms with E-state index in [1.54, 1.807) is 0 Å². The molecule has 17 heavy (non-hydrogen) atoms. The first-order valence-electron chi connectivity index (χ1n) is 6.07. The standard InChI is InChI=1S/C15H13NO/c17-11-8-10-4-3-7-16-14-6-2-1-5-12(14)13(9-11)15(10)16/h1-2,5-6,8-9,17H,3-4,7H2. The van der Waals surface area contributed by atoms with Crippen LogP contribution in [0.1, 0.15) is 12.0 Å². The molecule has 1 aliphatic heterocycles. The Labute approximate surface area is 99.1 Å². The maximum atomic E-state index is 9.83. The van der Waals surface area contributed by atoms with Gasteiger partial charge in [0, 0.05) is 22.8 Å². The zero-order valence-electron chi connectivity index (χ0n) is 9.48. The molecule has 0 fully saturated rings. The number of benzene rings is 2. The molecule has 2 heteroatoms. The molecule has 0 saturated heterocycles. The molecule has 0 atom stereocenters. The molecule has 1 aromatic heterocycles. The van der Waals surface area contributed by atoms with Gasteiger partial charge in [-0.1, -0.05) is 18.2 Å². The van der Waals surface area contributed by atoms with Crippen molar-refractivity contribution < 1.29 is 5.11 Å². The van der Waals surface area contributed by atoms with Crippen LogP contribution in [-0.4, -0.2) is 9.67 Å². The summed E-state index contributed by atoms with van der Waals surface area (Å²) in [5.74, 6) is 0.386. The average molecular weight is 223 g/mol. The monoisotopic (exact) mass is 223 g/mol. The number of aromatic hydroxyl groups is 1. The number of rotatable bonds is 0. The fourth-order valence-corrected chi connectivity index (χ4v) is 3.11. The molecule has 3 aromatic rings. The number of para-hydroxylation sites is 1. The molecule has 2 heterocycles. The van der Waals surface area contributed by atoms with E-state index in [1.807, 2.05) is 12.1 Å². The quantitative estimate of drug-likeness (QED) is 0.620. The van der Waals surface area contributed by atoms with Crippen LogP contribution in [0, 0.1) is 0 Å². The lowest BCUT2D eigenvalue weighted by molar-refractivity contribution is 0.474. The van der Waals surface area contributed by atoms with Crippen LogP contribution in [0.3, 0.4) is 0 Å². The Morgan fingerprint density at radius 3 is 2.88 bits per heavy atom. The zero-order valence-corrected chi connectivity index (χ0v) is 9.48. The minimum absolute atomic E-state index is 0.386. The fraction of sp³-hybridized carbons (Fsp3) is 0.200. The van der Waals surface area contributed by atoms with E-state index in [1.165, 1.54) is 27.4 Å². The molecule has 1 aliphatic rings. The van der Waals surface area contributed by atoms with Crippen LogP contribution in [-0.2, 0) is 13.0 Å².